The van der Waals surface area contributed by atoms with Crippen molar-refractivity contribution in [3.63, 3.8) is 0 Å². The number of halogens is 5. The largest absolute Gasteiger partial charge is 0.417 e. The average Bonchev–Trinajstić information content (AvgIpc) is 3.66. The lowest BCUT2D eigenvalue weighted by molar-refractivity contribution is -0.137. The Bertz CT molecular complexity index is 1270. The third-order valence-electron chi connectivity index (χ3n) is 6.79. The van der Waals surface area contributed by atoms with Gasteiger partial charge in [0.2, 0.25) is 5.95 Å². The summed E-state index contributed by atoms with van der Waals surface area (Å²) in [7, 11) is 0. The number of benzene rings is 1. The minimum absolute atomic E-state index is 0.111. The third kappa shape index (κ3) is 4.97. The summed E-state index contributed by atoms with van der Waals surface area (Å²) in [6.45, 7) is 1.94. The van der Waals surface area contributed by atoms with E-state index in [4.69, 9.17) is 15.5 Å². The lowest BCUT2D eigenvalue weighted by atomic mass is 9.92. The number of nitrogens with two attached hydrogens (primary N) is 1. The van der Waals surface area contributed by atoms with Gasteiger partial charge in [-0.05, 0) is 55.5 Å². The first-order valence-electron chi connectivity index (χ1n) is 11.6. The first kappa shape index (κ1) is 24.4. The Morgan fingerprint density at radius 1 is 1.00 bits per heavy atom. The summed E-state index contributed by atoms with van der Waals surface area (Å²) < 4.78 is 74.0. The number of anilines is 2. The Morgan fingerprint density at radius 3 is 2.42 bits per heavy atom. The topological polar surface area (TPSA) is 77.2 Å². The fourth-order valence-electron chi connectivity index (χ4n) is 4.52. The number of aryl methyl sites for hydroxylation is 1. The van der Waals surface area contributed by atoms with Crippen LogP contribution >= 0.6 is 0 Å². The van der Waals surface area contributed by atoms with E-state index in [1.54, 1.807) is 6.07 Å². The maximum absolute atomic E-state index is 13.9. The minimum atomic E-state index is -4.65. The zero-order valence-corrected chi connectivity index (χ0v) is 19.3. The van der Waals surface area contributed by atoms with Crippen LogP contribution in [0.2, 0.25) is 0 Å². The monoisotopic (exact) mass is 505 g/mol. The number of alkyl halides is 3. The Balaban J connectivity index is 1.54. The highest BCUT2D eigenvalue weighted by Crippen LogP contribution is 2.52. The molecule has 190 valence electrons. The molecular formula is C25H24F5N5O. The van der Waals surface area contributed by atoms with Gasteiger partial charge in [0, 0.05) is 30.3 Å². The van der Waals surface area contributed by atoms with Gasteiger partial charge >= 0.3 is 6.18 Å². The van der Waals surface area contributed by atoms with E-state index in [-0.39, 0.29) is 22.5 Å². The van der Waals surface area contributed by atoms with Crippen LogP contribution in [0.5, 0.6) is 0 Å². The van der Waals surface area contributed by atoms with E-state index >= 15 is 0 Å². The maximum Gasteiger partial charge on any atom is 0.417 e. The molecule has 1 saturated carbocycles. The van der Waals surface area contributed by atoms with E-state index in [0.717, 1.165) is 31.2 Å². The van der Waals surface area contributed by atoms with E-state index in [2.05, 4.69) is 9.97 Å². The number of morpholine rings is 1. The number of aromatic nitrogens is 3. The second-order valence-electron chi connectivity index (χ2n) is 9.22. The van der Waals surface area contributed by atoms with E-state index in [1.165, 1.54) is 12.1 Å². The molecule has 3 heterocycles. The standard InChI is InChI=1S/C25H24F5N5O/c26-18-2-1-15(11-19(18)27)3-4-24(5-6-24)21-13-20(33-23(34-21)35-7-9-36-10-8-35)16-14-32-22(31)12-17(16)25(28,29)30/h1-2,11-14H,3-10H2,(H2,31,32). The number of nitrogen functional groups attached to an aromatic ring is 1. The van der Waals surface area contributed by atoms with Crippen molar-refractivity contribution in [3.05, 3.63) is 65.0 Å². The van der Waals surface area contributed by atoms with Crippen molar-refractivity contribution in [2.45, 2.75) is 37.3 Å². The highest BCUT2D eigenvalue weighted by Gasteiger charge is 2.46. The molecule has 1 aliphatic carbocycles. The third-order valence-corrected chi connectivity index (χ3v) is 6.79. The van der Waals surface area contributed by atoms with Gasteiger partial charge < -0.3 is 15.4 Å². The number of nitrogens with zero attached hydrogens (tertiary/aromatic N) is 4. The minimum Gasteiger partial charge on any atom is -0.384 e. The second-order valence-corrected chi connectivity index (χ2v) is 9.22. The van der Waals surface area contributed by atoms with Crippen molar-refractivity contribution in [2.24, 2.45) is 0 Å². The summed E-state index contributed by atoms with van der Waals surface area (Å²) in [6.07, 6.45) is -0.942. The van der Waals surface area contributed by atoms with Crippen LogP contribution in [0.3, 0.4) is 0 Å². The van der Waals surface area contributed by atoms with Gasteiger partial charge in [0.1, 0.15) is 5.82 Å². The first-order valence-corrected chi connectivity index (χ1v) is 11.6. The molecule has 0 radical (unpaired) electrons. The highest BCUT2D eigenvalue weighted by molar-refractivity contribution is 5.67. The lowest BCUT2D eigenvalue weighted by Crippen LogP contribution is -2.37. The van der Waals surface area contributed by atoms with Crippen LogP contribution in [-0.2, 0) is 22.7 Å². The lowest BCUT2D eigenvalue weighted by Gasteiger charge is -2.28. The fraction of sp³-hybridized carbons (Fsp3) is 0.400. The molecule has 0 amide bonds. The smallest absolute Gasteiger partial charge is 0.384 e. The number of hydrogen-bond donors (Lipinski definition) is 1. The average molecular weight is 505 g/mol. The molecule has 1 aromatic carbocycles. The van der Waals surface area contributed by atoms with Crippen molar-refractivity contribution in [3.8, 4) is 11.3 Å². The first-order chi connectivity index (χ1) is 17.1. The Hall–Kier alpha value is -3.34. The quantitative estimate of drug-likeness (QED) is 0.480. The summed E-state index contributed by atoms with van der Waals surface area (Å²) in [5.74, 6) is -1.73. The zero-order valence-electron chi connectivity index (χ0n) is 19.3. The number of rotatable bonds is 6. The van der Waals surface area contributed by atoms with Crippen LogP contribution < -0.4 is 10.6 Å². The van der Waals surface area contributed by atoms with Crippen LogP contribution in [0, 0.1) is 11.6 Å². The van der Waals surface area contributed by atoms with Gasteiger partial charge in [-0.15, -0.1) is 0 Å². The number of pyridine rings is 1. The molecule has 0 unspecified atom stereocenters. The Labute approximate surface area is 204 Å². The molecule has 6 nitrogen and oxygen atoms in total. The molecule has 2 fully saturated rings. The molecule has 11 heteroatoms. The van der Waals surface area contributed by atoms with Gasteiger partial charge in [0.25, 0.3) is 0 Å². The van der Waals surface area contributed by atoms with Crippen molar-refractivity contribution in [1.82, 2.24) is 15.0 Å². The van der Waals surface area contributed by atoms with Crippen molar-refractivity contribution in [2.75, 3.05) is 36.9 Å². The summed E-state index contributed by atoms with van der Waals surface area (Å²) in [5, 5.41) is 0. The molecule has 0 spiro atoms. The van der Waals surface area contributed by atoms with Crippen LogP contribution in [0.25, 0.3) is 11.3 Å². The number of hydrogen-bond acceptors (Lipinski definition) is 6. The van der Waals surface area contributed by atoms with Crippen molar-refractivity contribution in [1.29, 1.82) is 0 Å². The second kappa shape index (κ2) is 9.27. The predicted octanol–water partition coefficient (Wildman–Crippen LogP) is 4.92. The number of ether oxygens (including phenoxy) is 1. The van der Waals surface area contributed by atoms with Gasteiger partial charge in [-0.25, -0.2) is 23.7 Å². The molecule has 0 atom stereocenters. The van der Waals surface area contributed by atoms with Gasteiger partial charge in [0.15, 0.2) is 11.6 Å². The van der Waals surface area contributed by atoms with E-state index in [0.29, 0.717) is 56.4 Å². The maximum atomic E-state index is 13.9. The van der Waals surface area contributed by atoms with E-state index < -0.39 is 23.4 Å². The highest BCUT2D eigenvalue weighted by atomic mass is 19.4. The molecule has 5 rings (SSSR count). The van der Waals surface area contributed by atoms with E-state index in [1.807, 2.05) is 4.90 Å². The molecular weight excluding hydrogens is 481 g/mol. The van der Waals surface area contributed by atoms with Gasteiger partial charge in [-0.2, -0.15) is 13.2 Å². The molecule has 1 saturated heterocycles. The zero-order chi connectivity index (χ0) is 25.5. The summed E-state index contributed by atoms with van der Waals surface area (Å²) in [4.78, 5) is 15.0. The summed E-state index contributed by atoms with van der Waals surface area (Å²) in [6, 6.07) is 6.20. The Kier molecular flexibility index (Phi) is 6.27. The molecule has 36 heavy (non-hydrogen) atoms. The molecule has 0 bridgehead atoms. The van der Waals surface area contributed by atoms with Crippen molar-refractivity contribution < 1.29 is 26.7 Å². The van der Waals surface area contributed by atoms with Crippen LogP contribution in [0.1, 0.15) is 36.1 Å². The summed E-state index contributed by atoms with van der Waals surface area (Å²) >= 11 is 0. The summed E-state index contributed by atoms with van der Waals surface area (Å²) in [5.41, 5.74) is 5.46. The van der Waals surface area contributed by atoms with Crippen LogP contribution in [0.15, 0.2) is 36.5 Å². The van der Waals surface area contributed by atoms with Crippen LogP contribution in [-0.4, -0.2) is 41.3 Å². The fourth-order valence-corrected chi connectivity index (χ4v) is 4.52. The normalized spacial score (nSPS) is 17.3. The van der Waals surface area contributed by atoms with E-state index in [9.17, 15) is 22.0 Å². The molecule has 2 aromatic heterocycles. The SMILES string of the molecule is Nc1cc(C(F)(F)F)c(-c2cc(C3(CCc4ccc(F)c(F)c4)CC3)nc(N3CCOCC3)n2)cn1. The predicted molar refractivity (Wildman–Crippen MR) is 123 cm³/mol. The van der Waals surface area contributed by atoms with Gasteiger partial charge in [-0.1, -0.05) is 6.07 Å². The molecule has 1 aliphatic heterocycles. The Morgan fingerprint density at radius 2 is 1.75 bits per heavy atom. The van der Waals surface area contributed by atoms with Crippen LogP contribution in [0.4, 0.5) is 33.7 Å². The van der Waals surface area contributed by atoms with Gasteiger partial charge in [0.05, 0.1) is 30.2 Å². The molecule has 2 aliphatic rings. The van der Waals surface area contributed by atoms with Crippen molar-refractivity contribution >= 4 is 11.8 Å². The molecule has 3 aromatic rings. The van der Waals surface area contributed by atoms with Gasteiger partial charge in [-0.3, -0.25) is 0 Å². The molecule has 2 N–H and O–H groups in total.